The molecular weight excluding hydrogens is 307 g/mol. The van der Waals surface area contributed by atoms with Gasteiger partial charge in [-0.1, -0.05) is 37.0 Å². The van der Waals surface area contributed by atoms with Gasteiger partial charge in [0.1, 0.15) is 4.90 Å². The largest absolute Gasteiger partial charge is 0.310 e. The van der Waals surface area contributed by atoms with Crippen LogP contribution in [0.2, 0.25) is 10.0 Å². The quantitative estimate of drug-likeness (QED) is 0.906. The van der Waals surface area contributed by atoms with E-state index in [1.54, 1.807) is 0 Å². The van der Waals surface area contributed by atoms with Gasteiger partial charge in [0.05, 0.1) is 5.02 Å². The topological polar surface area (TPSA) is 49.4 Å². The SMILES string of the molecule is CC(C)NCc1cc(S(=O)(=O)N(C)C)c(Cl)cc1Cl. The molecule has 0 saturated carbocycles. The lowest BCUT2D eigenvalue weighted by Gasteiger charge is -2.16. The van der Waals surface area contributed by atoms with Crippen LogP contribution in [-0.2, 0) is 16.6 Å². The van der Waals surface area contributed by atoms with Gasteiger partial charge in [-0.2, -0.15) is 0 Å². The minimum atomic E-state index is -3.57. The molecule has 0 unspecified atom stereocenters. The van der Waals surface area contributed by atoms with Gasteiger partial charge < -0.3 is 5.32 Å². The third-order valence-corrected chi connectivity index (χ3v) is 5.19. The highest BCUT2D eigenvalue weighted by atomic mass is 35.5. The Kier molecular flexibility index (Phi) is 5.65. The summed E-state index contributed by atoms with van der Waals surface area (Å²) < 4.78 is 25.4. The molecule has 0 aliphatic carbocycles. The summed E-state index contributed by atoms with van der Waals surface area (Å²) in [4.78, 5) is 0.0733. The standard InChI is InChI=1S/C12H18Cl2N2O2S/c1-8(2)15-7-9-5-12(11(14)6-10(9)13)19(17,18)16(3)4/h5-6,8,15H,7H2,1-4H3. The molecule has 0 atom stereocenters. The van der Waals surface area contributed by atoms with Crippen molar-refractivity contribution < 1.29 is 8.42 Å². The van der Waals surface area contributed by atoms with E-state index in [9.17, 15) is 8.42 Å². The molecule has 19 heavy (non-hydrogen) atoms. The predicted octanol–water partition coefficient (Wildman–Crippen LogP) is 2.74. The fourth-order valence-corrected chi connectivity index (χ4v) is 3.15. The average molecular weight is 325 g/mol. The van der Waals surface area contributed by atoms with Gasteiger partial charge in [0, 0.05) is 31.7 Å². The van der Waals surface area contributed by atoms with Gasteiger partial charge in [0.25, 0.3) is 0 Å². The molecule has 0 saturated heterocycles. The Morgan fingerprint density at radius 3 is 2.26 bits per heavy atom. The van der Waals surface area contributed by atoms with Crippen molar-refractivity contribution in [2.45, 2.75) is 31.3 Å². The van der Waals surface area contributed by atoms with Crippen molar-refractivity contribution in [3.05, 3.63) is 27.7 Å². The molecule has 1 N–H and O–H groups in total. The van der Waals surface area contributed by atoms with Crippen molar-refractivity contribution >= 4 is 33.2 Å². The van der Waals surface area contributed by atoms with Gasteiger partial charge in [-0.3, -0.25) is 0 Å². The van der Waals surface area contributed by atoms with E-state index >= 15 is 0 Å². The van der Waals surface area contributed by atoms with Crippen molar-refractivity contribution in [3.63, 3.8) is 0 Å². The maximum Gasteiger partial charge on any atom is 0.244 e. The van der Waals surface area contributed by atoms with Crippen LogP contribution in [0.15, 0.2) is 17.0 Å². The molecule has 0 aliphatic rings. The summed E-state index contributed by atoms with van der Waals surface area (Å²) in [5.41, 5.74) is 0.709. The van der Waals surface area contributed by atoms with E-state index in [1.165, 1.54) is 26.2 Å². The zero-order chi connectivity index (χ0) is 14.8. The van der Waals surface area contributed by atoms with Gasteiger partial charge >= 0.3 is 0 Å². The van der Waals surface area contributed by atoms with E-state index in [0.717, 1.165) is 4.31 Å². The van der Waals surface area contributed by atoms with Crippen LogP contribution < -0.4 is 5.32 Å². The van der Waals surface area contributed by atoms with E-state index in [2.05, 4.69) is 5.32 Å². The Labute approximate surface area is 124 Å². The van der Waals surface area contributed by atoms with Gasteiger partial charge in [-0.25, -0.2) is 12.7 Å². The van der Waals surface area contributed by atoms with Crippen LogP contribution in [-0.4, -0.2) is 32.9 Å². The molecule has 0 spiro atoms. The fourth-order valence-electron chi connectivity index (χ4n) is 1.42. The first-order chi connectivity index (χ1) is 8.66. The molecule has 0 bridgehead atoms. The van der Waals surface area contributed by atoms with E-state index in [1.807, 2.05) is 13.8 Å². The second-order valence-electron chi connectivity index (χ2n) is 4.70. The molecular formula is C12H18Cl2N2O2S. The Balaban J connectivity index is 3.24. The molecule has 0 heterocycles. The molecule has 7 heteroatoms. The normalized spacial score (nSPS) is 12.4. The summed E-state index contributed by atoms with van der Waals surface area (Å²) in [6.45, 7) is 4.49. The highest BCUT2D eigenvalue weighted by molar-refractivity contribution is 7.89. The predicted molar refractivity (Wildman–Crippen MR) is 79.3 cm³/mol. The van der Waals surface area contributed by atoms with Crippen molar-refractivity contribution in [3.8, 4) is 0 Å². The van der Waals surface area contributed by atoms with Crippen molar-refractivity contribution in [1.29, 1.82) is 0 Å². The van der Waals surface area contributed by atoms with Gasteiger partial charge in [-0.15, -0.1) is 0 Å². The summed E-state index contributed by atoms with van der Waals surface area (Å²) in [6, 6.07) is 3.27. The molecule has 0 aliphatic heterocycles. The number of halogens is 2. The summed E-state index contributed by atoms with van der Waals surface area (Å²) in [5.74, 6) is 0. The maximum atomic E-state index is 12.1. The van der Waals surface area contributed by atoms with Crippen molar-refractivity contribution in [2.75, 3.05) is 14.1 Å². The first-order valence-electron chi connectivity index (χ1n) is 5.80. The third-order valence-electron chi connectivity index (χ3n) is 2.56. The average Bonchev–Trinajstić information content (AvgIpc) is 2.26. The van der Waals surface area contributed by atoms with Crippen molar-refractivity contribution in [1.82, 2.24) is 9.62 Å². The van der Waals surface area contributed by atoms with Gasteiger partial charge in [-0.05, 0) is 17.7 Å². The van der Waals surface area contributed by atoms with E-state index in [-0.39, 0.29) is 16.0 Å². The van der Waals surface area contributed by atoms with Crippen LogP contribution in [0.5, 0.6) is 0 Å². The second-order valence-corrected chi connectivity index (χ2v) is 7.63. The third kappa shape index (κ3) is 4.07. The first kappa shape index (κ1) is 16.7. The van der Waals surface area contributed by atoms with Gasteiger partial charge in [0.2, 0.25) is 10.0 Å². The minimum absolute atomic E-state index is 0.0733. The molecule has 4 nitrogen and oxygen atoms in total. The highest BCUT2D eigenvalue weighted by Crippen LogP contribution is 2.30. The first-order valence-corrected chi connectivity index (χ1v) is 7.99. The molecule has 0 fully saturated rings. The Morgan fingerprint density at radius 2 is 1.79 bits per heavy atom. The molecule has 108 valence electrons. The second kappa shape index (κ2) is 6.41. The molecule has 0 amide bonds. The number of sulfonamides is 1. The molecule has 1 aromatic rings. The van der Waals surface area contributed by atoms with E-state index < -0.39 is 10.0 Å². The molecule has 0 radical (unpaired) electrons. The smallest absolute Gasteiger partial charge is 0.244 e. The number of hydrogen-bond acceptors (Lipinski definition) is 3. The lowest BCUT2D eigenvalue weighted by atomic mass is 10.2. The summed E-state index contributed by atoms with van der Waals surface area (Å²) in [7, 11) is -0.641. The van der Waals surface area contributed by atoms with Crippen LogP contribution in [0.4, 0.5) is 0 Å². The zero-order valence-electron chi connectivity index (χ0n) is 11.4. The zero-order valence-corrected chi connectivity index (χ0v) is 13.7. The van der Waals surface area contributed by atoms with Gasteiger partial charge in [0.15, 0.2) is 0 Å². The Hall–Kier alpha value is -0.330. The number of hydrogen-bond donors (Lipinski definition) is 1. The Bertz CT molecular complexity index is 557. The number of nitrogens with one attached hydrogen (secondary N) is 1. The van der Waals surface area contributed by atoms with Crippen molar-refractivity contribution in [2.24, 2.45) is 0 Å². The summed E-state index contributed by atoms with van der Waals surface area (Å²) >= 11 is 12.1. The maximum absolute atomic E-state index is 12.1. The van der Waals surface area contributed by atoms with E-state index in [4.69, 9.17) is 23.2 Å². The molecule has 0 aromatic heterocycles. The number of benzene rings is 1. The molecule has 1 aromatic carbocycles. The fraction of sp³-hybridized carbons (Fsp3) is 0.500. The van der Waals surface area contributed by atoms with E-state index in [0.29, 0.717) is 17.1 Å². The number of nitrogens with zero attached hydrogens (tertiary/aromatic N) is 1. The highest BCUT2D eigenvalue weighted by Gasteiger charge is 2.22. The van der Waals surface area contributed by atoms with Crippen LogP contribution in [0.3, 0.4) is 0 Å². The minimum Gasteiger partial charge on any atom is -0.310 e. The number of rotatable bonds is 5. The lowest BCUT2D eigenvalue weighted by Crippen LogP contribution is -2.24. The summed E-state index contributed by atoms with van der Waals surface area (Å²) in [5, 5.41) is 3.78. The molecule has 1 rings (SSSR count). The summed E-state index contributed by atoms with van der Waals surface area (Å²) in [6.07, 6.45) is 0. The van der Waals surface area contributed by atoms with Crippen LogP contribution >= 0.6 is 23.2 Å². The van der Waals surface area contributed by atoms with Crippen LogP contribution in [0, 0.1) is 0 Å². The Morgan fingerprint density at radius 1 is 1.21 bits per heavy atom. The monoisotopic (exact) mass is 324 g/mol. The van der Waals surface area contributed by atoms with Crippen LogP contribution in [0.1, 0.15) is 19.4 Å². The van der Waals surface area contributed by atoms with Crippen LogP contribution in [0.25, 0.3) is 0 Å². The lowest BCUT2D eigenvalue weighted by molar-refractivity contribution is 0.520.